The van der Waals surface area contributed by atoms with Crippen LogP contribution in [-0.2, 0) is 19.1 Å². The Bertz CT molecular complexity index is 1780. The summed E-state index contributed by atoms with van der Waals surface area (Å²) in [5.41, 5.74) is 6.99. The number of fused-ring (bicyclic) bond motifs is 7. The van der Waals surface area contributed by atoms with E-state index in [1.54, 1.807) is 0 Å². The highest BCUT2D eigenvalue weighted by molar-refractivity contribution is 8.18. The minimum absolute atomic E-state index is 0.0284. The lowest BCUT2D eigenvalue weighted by Gasteiger charge is -2.73. The molecule has 5 fully saturated rings. The second-order valence-electron chi connectivity index (χ2n) is 20.5. The van der Waals surface area contributed by atoms with E-state index in [2.05, 4.69) is 110 Å². The summed E-state index contributed by atoms with van der Waals surface area (Å²) in [6.45, 7) is 28.8. The summed E-state index contributed by atoms with van der Waals surface area (Å²) in [4.78, 5) is 26.9. The Balaban J connectivity index is 1.08. The van der Waals surface area contributed by atoms with E-state index in [4.69, 9.17) is 9.47 Å². The highest BCUT2D eigenvalue weighted by atomic mass is 32.2. The van der Waals surface area contributed by atoms with E-state index in [0.717, 1.165) is 25.7 Å². The molecule has 5 aliphatic carbocycles. The molecule has 54 heavy (non-hydrogen) atoms. The highest BCUT2D eigenvalue weighted by Gasteiger charge is 2.71. The molecule has 4 nitrogen and oxygen atoms in total. The van der Waals surface area contributed by atoms with Crippen molar-refractivity contribution in [3.05, 3.63) is 57.4 Å². The first-order valence-corrected chi connectivity index (χ1v) is 24.2. The van der Waals surface area contributed by atoms with Crippen molar-refractivity contribution in [1.82, 2.24) is 0 Å². The lowest BCUT2D eigenvalue weighted by Crippen LogP contribution is -2.67. The van der Waals surface area contributed by atoms with Gasteiger partial charge in [-0.15, -0.1) is 0 Å². The lowest BCUT2D eigenvalue weighted by atomic mass is 9.32. The third-order valence-electron chi connectivity index (χ3n) is 16.8. The topological polar surface area (TPSA) is 52.6 Å². The van der Waals surface area contributed by atoms with E-state index < -0.39 is 0 Å². The molecule has 0 bridgehead atoms. The summed E-state index contributed by atoms with van der Waals surface area (Å²) < 4.78 is 12.8. The molecule has 0 aromatic carbocycles. The molecule has 0 N–H and O–H groups in total. The molecule has 2 aliphatic heterocycles. The highest BCUT2D eigenvalue weighted by Crippen LogP contribution is 2.77. The third kappa shape index (κ3) is 6.81. The van der Waals surface area contributed by atoms with Crippen LogP contribution in [0.25, 0.3) is 0 Å². The van der Waals surface area contributed by atoms with Gasteiger partial charge in [-0.05, 0) is 189 Å². The average molecular weight is 775 g/mol. The second kappa shape index (κ2) is 14.5. The van der Waals surface area contributed by atoms with Crippen molar-refractivity contribution in [3.8, 4) is 0 Å². The first-order valence-electron chi connectivity index (χ1n) is 21.1. The molecular weight excluding hydrogens is 705 g/mol. The zero-order valence-corrected chi connectivity index (χ0v) is 36.9. The maximum atomic E-state index is 13.5. The first-order chi connectivity index (χ1) is 25.3. The van der Waals surface area contributed by atoms with Crippen molar-refractivity contribution in [2.45, 2.75) is 140 Å². The molecule has 0 amide bonds. The van der Waals surface area contributed by atoms with Crippen molar-refractivity contribution in [3.63, 3.8) is 0 Å². The second-order valence-corrected chi connectivity index (χ2v) is 23.9. The number of rotatable bonds is 8. The number of carbonyl (C=O) groups excluding carboxylic acids is 2. The first kappa shape index (κ1) is 40.3. The third-order valence-corrected chi connectivity index (χ3v) is 20.6. The van der Waals surface area contributed by atoms with Crippen LogP contribution in [0.2, 0.25) is 0 Å². The fourth-order valence-corrected chi connectivity index (χ4v) is 17.8. The molecule has 7 aliphatic rings. The van der Waals surface area contributed by atoms with Crippen molar-refractivity contribution in [1.29, 1.82) is 0 Å². The number of hydrogen-bond donors (Lipinski definition) is 0. The molecule has 0 spiro atoms. The van der Waals surface area contributed by atoms with Gasteiger partial charge in [0.2, 0.25) is 0 Å². The molecular formula is C48H70O4S2. The number of hydrogen-bond acceptors (Lipinski definition) is 4. The number of carbonyl (C=O) groups is 2. The largest absolute Gasteiger partial charge is 0.464 e. The van der Waals surface area contributed by atoms with E-state index >= 15 is 0 Å². The van der Waals surface area contributed by atoms with E-state index in [-0.39, 0.29) is 66.1 Å². The van der Waals surface area contributed by atoms with Crippen LogP contribution in [0.1, 0.15) is 133 Å². The number of allylic oxidation sites excluding steroid dienone is 7. The van der Waals surface area contributed by atoms with E-state index in [0.29, 0.717) is 47.7 Å². The summed E-state index contributed by atoms with van der Waals surface area (Å²) >= 11 is 0. The fraction of sp³-hybridized carbons (Fsp3) is 0.708. The van der Waals surface area contributed by atoms with Gasteiger partial charge in [-0.3, -0.25) is 9.59 Å². The summed E-state index contributed by atoms with van der Waals surface area (Å²) in [5.74, 6) is 3.66. The molecule has 2 heterocycles. The van der Waals surface area contributed by atoms with Crippen LogP contribution in [0.3, 0.4) is 0 Å². The van der Waals surface area contributed by atoms with E-state index in [1.165, 1.54) is 66.4 Å². The Morgan fingerprint density at radius 3 is 1.96 bits per heavy atom. The van der Waals surface area contributed by atoms with Crippen LogP contribution < -0.4 is 0 Å². The average Bonchev–Trinajstić information content (AvgIpc) is 3.45. The standard InChI is InChI=1S/C48H70O4S2/c1-31(2)36-14-19-48(30-51-41(49)28-53-24-32(3)22-33(4)25-53)21-20-46(10)37(43(36)48)12-13-39-45(9)17-16-40(44(7,8)38(45)15-18-47(39,46)11)52-42(50)29-54-26-34(5)23-35(6)27-54/h22-27,36-40,43H,1,12-21,28-30H2,2-11H3/t36-,37?,38?,39?,40-,43?,45-,46+,47+,48+/m0/s1. The zero-order valence-electron chi connectivity index (χ0n) is 35.3. The van der Waals surface area contributed by atoms with E-state index in [1.807, 2.05) is 0 Å². The van der Waals surface area contributed by atoms with Gasteiger partial charge in [-0.1, -0.05) is 58.9 Å². The van der Waals surface area contributed by atoms with Crippen LogP contribution in [-0.4, -0.2) is 46.9 Å². The Kier molecular flexibility index (Phi) is 10.8. The number of ether oxygens (including phenoxy) is 2. The maximum Gasteiger partial charge on any atom is 0.316 e. The Morgan fingerprint density at radius 1 is 0.722 bits per heavy atom. The fourth-order valence-electron chi connectivity index (χ4n) is 14.5. The van der Waals surface area contributed by atoms with Crippen LogP contribution in [0.5, 0.6) is 0 Å². The van der Waals surface area contributed by atoms with Gasteiger partial charge < -0.3 is 9.47 Å². The molecule has 6 heteroatoms. The van der Waals surface area contributed by atoms with Crippen LogP contribution in [0.4, 0.5) is 0 Å². The zero-order chi connectivity index (χ0) is 39.0. The maximum absolute atomic E-state index is 13.5. The molecule has 0 saturated heterocycles. The summed E-state index contributed by atoms with van der Waals surface area (Å²) in [6.07, 6.45) is 16.1. The molecule has 6 unspecified atom stereocenters. The molecule has 12 atom stereocenters. The van der Waals surface area contributed by atoms with Crippen molar-refractivity contribution >= 4 is 43.6 Å². The number of esters is 2. The van der Waals surface area contributed by atoms with Gasteiger partial charge in [0.1, 0.15) is 6.10 Å². The van der Waals surface area contributed by atoms with Crippen LogP contribution in [0, 0.1) is 56.7 Å². The predicted octanol–water partition coefficient (Wildman–Crippen LogP) is 12.0. The smallest absolute Gasteiger partial charge is 0.316 e. The van der Waals surface area contributed by atoms with Gasteiger partial charge in [0, 0.05) is 10.8 Å². The quantitative estimate of drug-likeness (QED) is 0.140. The molecule has 5 saturated carbocycles. The van der Waals surface area contributed by atoms with Crippen LogP contribution >= 0.6 is 21.0 Å². The molecule has 0 aromatic heterocycles. The summed E-state index contributed by atoms with van der Waals surface area (Å²) in [7, 11) is -0.368. The van der Waals surface area contributed by atoms with Crippen molar-refractivity contribution < 1.29 is 19.1 Å². The Labute approximate surface area is 333 Å². The van der Waals surface area contributed by atoms with Gasteiger partial charge in [-0.2, -0.15) is 21.0 Å². The monoisotopic (exact) mass is 774 g/mol. The van der Waals surface area contributed by atoms with Gasteiger partial charge >= 0.3 is 11.9 Å². The van der Waals surface area contributed by atoms with Crippen LogP contribution in [0.15, 0.2) is 57.4 Å². The molecule has 0 radical (unpaired) electrons. The summed E-state index contributed by atoms with van der Waals surface area (Å²) in [5, 5.41) is 8.93. The lowest BCUT2D eigenvalue weighted by molar-refractivity contribution is -0.251. The van der Waals surface area contributed by atoms with Crippen molar-refractivity contribution in [2.24, 2.45) is 56.7 Å². The van der Waals surface area contributed by atoms with Gasteiger partial charge in [-0.25, -0.2) is 0 Å². The summed E-state index contributed by atoms with van der Waals surface area (Å²) in [6, 6.07) is 0. The minimum Gasteiger partial charge on any atom is -0.464 e. The van der Waals surface area contributed by atoms with E-state index in [9.17, 15) is 9.59 Å². The Hall–Kier alpha value is -1.92. The van der Waals surface area contributed by atoms with Gasteiger partial charge in [0.05, 0.1) is 18.1 Å². The SMILES string of the molecule is C=C(C)[C@@H]1CC[C@]2(COC(=O)CS3=CC(C)=CC(C)=C3)CC[C@]3(C)C(CCC4[C@@]5(C)CC[C@H](OC(=O)CS6=CC(C)=CC(C)=C6)C(C)(C)C5CC[C@]43C)C12. The molecule has 0 aromatic rings. The predicted molar refractivity (Wildman–Crippen MR) is 232 cm³/mol. The van der Waals surface area contributed by atoms with Crippen molar-refractivity contribution in [2.75, 3.05) is 18.1 Å². The van der Waals surface area contributed by atoms with Gasteiger partial charge in [0.15, 0.2) is 0 Å². The minimum atomic E-state index is -0.184. The molecule has 298 valence electrons. The van der Waals surface area contributed by atoms with Gasteiger partial charge in [0.25, 0.3) is 0 Å². The normalized spacial score (nSPS) is 43.5. The molecule has 7 rings (SSSR count). The Morgan fingerprint density at radius 2 is 1.35 bits per heavy atom.